The highest BCUT2D eigenvalue weighted by Crippen LogP contribution is 2.25. The molecule has 37 heavy (non-hydrogen) atoms. The summed E-state index contributed by atoms with van der Waals surface area (Å²) in [5.41, 5.74) is 5.53. The lowest BCUT2D eigenvalue weighted by Gasteiger charge is -2.40. The molecule has 1 fully saturated rings. The van der Waals surface area contributed by atoms with E-state index in [9.17, 15) is 19.2 Å². The van der Waals surface area contributed by atoms with Gasteiger partial charge >= 0.3 is 17.9 Å². The van der Waals surface area contributed by atoms with E-state index in [4.69, 9.17) is 29.4 Å². The molecule has 11 nitrogen and oxygen atoms in total. The molecule has 1 saturated heterocycles. The molecule has 1 heterocycles. The Balaban J connectivity index is 2.54. The highest BCUT2D eigenvalue weighted by Gasteiger charge is 2.47. The van der Waals surface area contributed by atoms with Crippen LogP contribution in [0.4, 0.5) is 0 Å². The monoisotopic (exact) mass is 530 g/mol. The third-order valence-electron chi connectivity index (χ3n) is 6.00. The standard InChI is InChI=1S/C26H46N2O9/c1-5-6-7-8-9-10-11-12-13-14-15-28-21(25(27)32)16-33-26-24(37-20(4)31)23(36-19(3)30)22(17-34-26)35-18(2)29/h21-24,26,28H,5-17H2,1-4H3,(H2,27,32)/t21-,22+,23-,24+,26+/m0/s1. The number of carbonyl (C=O) groups is 4. The van der Waals surface area contributed by atoms with Gasteiger partial charge in [-0.25, -0.2) is 0 Å². The maximum Gasteiger partial charge on any atom is 0.303 e. The first-order valence-electron chi connectivity index (χ1n) is 13.4. The van der Waals surface area contributed by atoms with Crippen molar-refractivity contribution in [1.82, 2.24) is 5.32 Å². The number of hydrogen-bond acceptors (Lipinski definition) is 10. The normalized spacial score (nSPS) is 22.2. The van der Waals surface area contributed by atoms with E-state index in [2.05, 4.69) is 12.2 Å². The van der Waals surface area contributed by atoms with Crippen LogP contribution in [0.3, 0.4) is 0 Å². The van der Waals surface area contributed by atoms with Crippen LogP contribution in [0.1, 0.15) is 91.9 Å². The third-order valence-corrected chi connectivity index (χ3v) is 6.00. The molecule has 0 radical (unpaired) electrons. The number of carbonyl (C=O) groups excluding carboxylic acids is 4. The second-order valence-electron chi connectivity index (χ2n) is 9.42. The lowest BCUT2D eigenvalue weighted by Crippen LogP contribution is -2.59. The Kier molecular flexibility index (Phi) is 16.8. The van der Waals surface area contributed by atoms with Crippen molar-refractivity contribution in [3.63, 3.8) is 0 Å². The van der Waals surface area contributed by atoms with Crippen molar-refractivity contribution in [2.24, 2.45) is 5.73 Å². The van der Waals surface area contributed by atoms with E-state index >= 15 is 0 Å². The summed E-state index contributed by atoms with van der Waals surface area (Å²) >= 11 is 0. The molecular weight excluding hydrogens is 484 g/mol. The summed E-state index contributed by atoms with van der Waals surface area (Å²) in [4.78, 5) is 46.8. The van der Waals surface area contributed by atoms with E-state index < -0.39 is 54.5 Å². The fraction of sp³-hybridized carbons (Fsp3) is 0.846. The average Bonchev–Trinajstić information content (AvgIpc) is 2.81. The van der Waals surface area contributed by atoms with E-state index in [-0.39, 0.29) is 13.2 Å². The zero-order valence-corrected chi connectivity index (χ0v) is 22.8. The van der Waals surface area contributed by atoms with E-state index in [1.165, 1.54) is 65.7 Å². The Morgan fingerprint density at radius 2 is 1.32 bits per heavy atom. The minimum Gasteiger partial charge on any atom is -0.456 e. The highest BCUT2D eigenvalue weighted by atomic mass is 16.7. The largest absolute Gasteiger partial charge is 0.456 e. The number of primary amides is 1. The van der Waals surface area contributed by atoms with Gasteiger partial charge in [0.15, 0.2) is 24.6 Å². The van der Waals surface area contributed by atoms with Gasteiger partial charge in [-0.15, -0.1) is 0 Å². The van der Waals surface area contributed by atoms with Crippen LogP contribution in [0.2, 0.25) is 0 Å². The van der Waals surface area contributed by atoms with E-state index in [0.717, 1.165) is 19.3 Å². The Hall–Kier alpha value is -2.24. The number of amides is 1. The molecule has 1 aliphatic heterocycles. The van der Waals surface area contributed by atoms with Crippen LogP contribution in [-0.4, -0.2) is 74.2 Å². The number of hydrogen-bond donors (Lipinski definition) is 2. The highest BCUT2D eigenvalue weighted by molar-refractivity contribution is 5.80. The first-order valence-corrected chi connectivity index (χ1v) is 13.4. The van der Waals surface area contributed by atoms with Crippen molar-refractivity contribution in [3.05, 3.63) is 0 Å². The number of nitrogens with two attached hydrogens (primary N) is 1. The SMILES string of the molecule is CCCCCCCCCCCCN[C@@H](CO[C@@H]1OC[C@@H](OC(C)=O)[C@H](OC(C)=O)[C@H]1OC(C)=O)C(N)=O. The Labute approximate surface area is 220 Å². The van der Waals surface area contributed by atoms with Crippen LogP contribution in [0.25, 0.3) is 0 Å². The van der Waals surface area contributed by atoms with Gasteiger partial charge in [0.1, 0.15) is 6.04 Å². The van der Waals surface area contributed by atoms with Crippen LogP contribution in [0, 0.1) is 0 Å². The molecule has 214 valence electrons. The smallest absolute Gasteiger partial charge is 0.303 e. The molecule has 5 atom stereocenters. The van der Waals surface area contributed by atoms with Crippen molar-refractivity contribution in [3.8, 4) is 0 Å². The molecule has 3 N–H and O–H groups in total. The topological polar surface area (TPSA) is 152 Å². The van der Waals surface area contributed by atoms with Gasteiger partial charge in [-0.1, -0.05) is 64.7 Å². The first kappa shape index (κ1) is 32.8. The van der Waals surface area contributed by atoms with Crippen LogP contribution >= 0.6 is 0 Å². The summed E-state index contributed by atoms with van der Waals surface area (Å²) in [7, 11) is 0. The fourth-order valence-corrected chi connectivity index (χ4v) is 4.17. The van der Waals surface area contributed by atoms with Gasteiger partial charge in [0.25, 0.3) is 0 Å². The molecular formula is C26H46N2O9. The zero-order chi connectivity index (χ0) is 27.6. The Morgan fingerprint density at radius 1 is 0.811 bits per heavy atom. The second-order valence-corrected chi connectivity index (χ2v) is 9.42. The molecule has 0 aliphatic carbocycles. The quantitative estimate of drug-likeness (QED) is 0.145. The molecule has 1 rings (SSSR count). The minimum absolute atomic E-state index is 0.152. The molecule has 1 aliphatic rings. The Morgan fingerprint density at radius 3 is 1.84 bits per heavy atom. The number of esters is 3. The molecule has 0 aromatic heterocycles. The third kappa shape index (κ3) is 14.3. The predicted octanol–water partition coefficient (Wildman–Crippen LogP) is 2.52. The number of rotatable bonds is 19. The lowest BCUT2D eigenvalue weighted by atomic mass is 10.0. The van der Waals surface area contributed by atoms with Crippen molar-refractivity contribution in [1.29, 1.82) is 0 Å². The van der Waals surface area contributed by atoms with Gasteiger partial charge in [0.05, 0.1) is 13.2 Å². The number of nitrogens with one attached hydrogen (secondary N) is 1. The van der Waals surface area contributed by atoms with Crippen LogP contribution < -0.4 is 11.1 Å². The summed E-state index contributed by atoms with van der Waals surface area (Å²) in [5, 5.41) is 3.10. The minimum atomic E-state index is -1.21. The van der Waals surface area contributed by atoms with Crippen LogP contribution in [-0.2, 0) is 42.9 Å². The molecule has 0 bridgehead atoms. The molecule has 0 spiro atoms. The predicted molar refractivity (Wildman–Crippen MR) is 135 cm³/mol. The van der Waals surface area contributed by atoms with Gasteiger partial charge < -0.3 is 34.7 Å². The van der Waals surface area contributed by atoms with Gasteiger partial charge in [-0.2, -0.15) is 0 Å². The molecule has 0 aromatic rings. The van der Waals surface area contributed by atoms with E-state index in [1.54, 1.807) is 0 Å². The summed E-state index contributed by atoms with van der Waals surface area (Å²) < 4.78 is 27.1. The zero-order valence-electron chi connectivity index (χ0n) is 22.8. The van der Waals surface area contributed by atoms with Crippen molar-refractivity contribution < 1.29 is 42.9 Å². The summed E-state index contributed by atoms with van der Waals surface area (Å²) in [6.45, 7) is 6.06. The van der Waals surface area contributed by atoms with E-state index in [1.807, 2.05) is 0 Å². The second kappa shape index (κ2) is 18.9. The lowest BCUT2D eigenvalue weighted by molar-refractivity contribution is -0.281. The van der Waals surface area contributed by atoms with Gasteiger partial charge in [-0.05, 0) is 13.0 Å². The summed E-state index contributed by atoms with van der Waals surface area (Å²) in [6, 6.07) is -0.793. The number of ether oxygens (including phenoxy) is 5. The van der Waals surface area contributed by atoms with Crippen LogP contribution in [0.5, 0.6) is 0 Å². The molecule has 0 unspecified atom stereocenters. The van der Waals surface area contributed by atoms with Gasteiger partial charge in [0, 0.05) is 20.8 Å². The van der Waals surface area contributed by atoms with Gasteiger partial charge in [-0.3, -0.25) is 19.2 Å². The fourth-order valence-electron chi connectivity index (χ4n) is 4.17. The maximum absolute atomic E-state index is 12.0. The Bertz CT molecular complexity index is 704. The molecule has 11 heteroatoms. The summed E-state index contributed by atoms with van der Waals surface area (Å²) in [6.07, 6.45) is 7.54. The van der Waals surface area contributed by atoms with Gasteiger partial charge in [0.2, 0.25) is 5.91 Å². The number of unbranched alkanes of at least 4 members (excludes halogenated alkanes) is 9. The molecule has 0 aromatic carbocycles. The van der Waals surface area contributed by atoms with Crippen molar-refractivity contribution >= 4 is 23.8 Å². The van der Waals surface area contributed by atoms with Crippen LogP contribution in [0.15, 0.2) is 0 Å². The first-order chi connectivity index (χ1) is 17.6. The van der Waals surface area contributed by atoms with Crippen molar-refractivity contribution in [2.75, 3.05) is 19.8 Å². The average molecular weight is 531 g/mol. The molecule has 1 amide bonds. The van der Waals surface area contributed by atoms with Crippen molar-refractivity contribution in [2.45, 2.75) is 123 Å². The summed E-state index contributed by atoms with van der Waals surface area (Å²) in [5.74, 6) is -2.54. The molecule has 0 saturated carbocycles. The van der Waals surface area contributed by atoms with E-state index in [0.29, 0.717) is 6.54 Å². The maximum atomic E-state index is 12.0.